The lowest BCUT2D eigenvalue weighted by atomic mass is 10.1. The summed E-state index contributed by atoms with van der Waals surface area (Å²) in [5, 5.41) is 12.1. The molecule has 3 heterocycles. The molecule has 0 spiro atoms. The first kappa shape index (κ1) is 14.5. The van der Waals surface area contributed by atoms with Crippen molar-refractivity contribution in [2.75, 3.05) is 31.1 Å². The Hall–Kier alpha value is -2.44. The lowest BCUT2D eigenvalue weighted by molar-refractivity contribution is 0.0744. The average Bonchev–Trinajstić information content (AvgIpc) is 2.86. The third-order valence-electron chi connectivity index (χ3n) is 3.92. The van der Waals surface area contributed by atoms with Crippen molar-refractivity contribution in [3.8, 4) is 0 Å². The Balaban J connectivity index is 1.67. The van der Waals surface area contributed by atoms with Crippen molar-refractivity contribution in [3.05, 3.63) is 34.8 Å². The van der Waals surface area contributed by atoms with Crippen LogP contribution in [-0.4, -0.2) is 52.3 Å². The number of piperazine rings is 1. The van der Waals surface area contributed by atoms with Gasteiger partial charge in [0.05, 0.1) is 11.4 Å². The molecule has 1 aliphatic heterocycles. The lowest BCUT2D eigenvalue weighted by Crippen LogP contribution is -2.49. The van der Waals surface area contributed by atoms with Gasteiger partial charge in [0.15, 0.2) is 5.82 Å². The van der Waals surface area contributed by atoms with Gasteiger partial charge in [-0.2, -0.15) is 5.10 Å². The highest BCUT2D eigenvalue weighted by atomic mass is 16.5. The molecular weight excluding hydrogens is 282 g/mol. The number of hydrogen-bond donors (Lipinski definition) is 0. The lowest BCUT2D eigenvalue weighted by Gasteiger charge is -2.35. The number of nitrogens with zero attached hydrogens (tertiary/aromatic N) is 5. The molecule has 0 bridgehead atoms. The Morgan fingerprint density at radius 3 is 2.36 bits per heavy atom. The Morgan fingerprint density at radius 1 is 1.09 bits per heavy atom. The van der Waals surface area contributed by atoms with Crippen LogP contribution in [0.1, 0.15) is 27.5 Å². The van der Waals surface area contributed by atoms with E-state index < -0.39 is 0 Å². The van der Waals surface area contributed by atoms with Crippen LogP contribution in [0.4, 0.5) is 5.82 Å². The number of aryl methyl sites for hydroxylation is 3. The number of anilines is 1. The first-order chi connectivity index (χ1) is 10.6. The van der Waals surface area contributed by atoms with Gasteiger partial charge in [-0.05, 0) is 32.9 Å². The van der Waals surface area contributed by atoms with Crippen LogP contribution in [0.5, 0.6) is 0 Å². The molecule has 2 aromatic heterocycles. The minimum Gasteiger partial charge on any atom is -0.361 e. The van der Waals surface area contributed by atoms with Crippen molar-refractivity contribution < 1.29 is 9.32 Å². The maximum Gasteiger partial charge on any atom is 0.259 e. The molecule has 0 saturated carbocycles. The van der Waals surface area contributed by atoms with Gasteiger partial charge in [-0.3, -0.25) is 4.79 Å². The second kappa shape index (κ2) is 5.75. The minimum atomic E-state index is -0.00843. The van der Waals surface area contributed by atoms with Gasteiger partial charge in [-0.25, -0.2) is 0 Å². The standard InChI is InChI=1S/C15H19N5O2/c1-10-4-5-13(17-16-10)19-6-8-20(9-7-19)15(21)14-11(2)18-22-12(14)3/h4-5H,6-9H2,1-3H3. The molecule has 0 aromatic carbocycles. The molecule has 0 N–H and O–H groups in total. The van der Waals surface area contributed by atoms with Crippen LogP contribution in [0.15, 0.2) is 16.7 Å². The fourth-order valence-corrected chi connectivity index (χ4v) is 2.65. The van der Waals surface area contributed by atoms with Crippen LogP contribution in [0, 0.1) is 20.8 Å². The summed E-state index contributed by atoms with van der Waals surface area (Å²) in [7, 11) is 0. The van der Waals surface area contributed by atoms with Crippen molar-refractivity contribution in [2.45, 2.75) is 20.8 Å². The Labute approximate surface area is 128 Å². The monoisotopic (exact) mass is 301 g/mol. The predicted octanol–water partition coefficient (Wildman–Crippen LogP) is 1.35. The Bertz CT molecular complexity index is 652. The summed E-state index contributed by atoms with van der Waals surface area (Å²) < 4.78 is 5.08. The summed E-state index contributed by atoms with van der Waals surface area (Å²) in [5.41, 5.74) is 2.13. The van der Waals surface area contributed by atoms with Crippen LogP contribution < -0.4 is 4.90 Å². The van der Waals surface area contributed by atoms with E-state index in [4.69, 9.17) is 4.52 Å². The van der Waals surface area contributed by atoms with Gasteiger partial charge in [0.2, 0.25) is 0 Å². The highest BCUT2D eigenvalue weighted by Gasteiger charge is 2.27. The van der Waals surface area contributed by atoms with Crippen molar-refractivity contribution in [2.24, 2.45) is 0 Å². The number of hydrogen-bond acceptors (Lipinski definition) is 6. The summed E-state index contributed by atoms with van der Waals surface area (Å²) in [6.07, 6.45) is 0. The number of amides is 1. The Morgan fingerprint density at radius 2 is 1.82 bits per heavy atom. The fraction of sp³-hybridized carbons (Fsp3) is 0.467. The molecule has 3 rings (SSSR count). The predicted molar refractivity (Wildman–Crippen MR) is 80.9 cm³/mol. The molecule has 7 nitrogen and oxygen atoms in total. The van der Waals surface area contributed by atoms with Crippen LogP contribution in [-0.2, 0) is 0 Å². The van der Waals surface area contributed by atoms with Crippen LogP contribution in [0.2, 0.25) is 0 Å². The summed E-state index contributed by atoms with van der Waals surface area (Å²) in [6, 6.07) is 3.91. The fourth-order valence-electron chi connectivity index (χ4n) is 2.65. The number of carbonyl (C=O) groups is 1. The maximum absolute atomic E-state index is 12.6. The molecular formula is C15H19N5O2. The highest BCUT2D eigenvalue weighted by Crippen LogP contribution is 2.18. The molecule has 2 aromatic rings. The largest absolute Gasteiger partial charge is 0.361 e. The molecule has 1 saturated heterocycles. The summed E-state index contributed by atoms with van der Waals surface area (Å²) in [4.78, 5) is 16.6. The smallest absolute Gasteiger partial charge is 0.259 e. The van der Waals surface area contributed by atoms with Crippen molar-refractivity contribution in [1.29, 1.82) is 0 Å². The zero-order chi connectivity index (χ0) is 15.7. The van der Waals surface area contributed by atoms with E-state index in [1.807, 2.05) is 24.0 Å². The highest BCUT2D eigenvalue weighted by molar-refractivity contribution is 5.96. The minimum absolute atomic E-state index is 0.00843. The summed E-state index contributed by atoms with van der Waals surface area (Å²) in [6.45, 7) is 8.26. The number of aromatic nitrogens is 3. The SMILES string of the molecule is Cc1ccc(N2CCN(C(=O)c3c(C)noc3C)CC2)nn1. The van der Waals surface area contributed by atoms with E-state index in [0.29, 0.717) is 30.1 Å². The van der Waals surface area contributed by atoms with E-state index >= 15 is 0 Å². The molecule has 1 fully saturated rings. The van der Waals surface area contributed by atoms with E-state index in [9.17, 15) is 4.79 Å². The number of carbonyl (C=O) groups excluding carboxylic acids is 1. The average molecular weight is 301 g/mol. The van der Waals surface area contributed by atoms with E-state index in [2.05, 4.69) is 20.3 Å². The van der Waals surface area contributed by atoms with E-state index in [-0.39, 0.29) is 5.91 Å². The van der Waals surface area contributed by atoms with E-state index in [1.54, 1.807) is 13.8 Å². The summed E-state index contributed by atoms with van der Waals surface area (Å²) in [5.74, 6) is 1.43. The molecule has 7 heteroatoms. The van der Waals surface area contributed by atoms with E-state index in [0.717, 1.165) is 24.6 Å². The summed E-state index contributed by atoms with van der Waals surface area (Å²) >= 11 is 0. The number of rotatable bonds is 2. The van der Waals surface area contributed by atoms with E-state index in [1.165, 1.54) is 0 Å². The molecule has 1 amide bonds. The second-order valence-electron chi connectivity index (χ2n) is 5.51. The van der Waals surface area contributed by atoms with Crippen LogP contribution in [0.25, 0.3) is 0 Å². The molecule has 116 valence electrons. The molecule has 0 unspecified atom stereocenters. The molecule has 0 atom stereocenters. The first-order valence-corrected chi connectivity index (χ1v) is 7.33. The normalized spacial score (nSPS) is 15.2. The van der Waals surface area contributed by atoms with Crippen molar-refractivity contribution in [1.82, 2.24) is 20.3 Å². The first-order valence-electron chi connectivity index (χ1n) is 7.33. The van der Waals surface area contributed by atoms with Gasteiger partial charge < -0.3 is 14.3 Å². The van der Waals surface area contributed by atoms with Crippen LogP contribution in [0.3, 0.4) is 0 Å². The zero-order valence-electron chi connectivity index (χ0n) is 13.0. The third kappa shape index (κ3) is 2.66. The van der Waals surface area contributed by atoms with Crippen molar-refractivity contribution >= 4 is 11.7 Å². The maximum atomic E-state index is 12.6. The Kier molecular flexibility index (Phi) is 3.79. The molecule has 22 heavy (non-hydrogen) atoms. The quantitative estimate of drug-likeness (QED) is 0.833. The van der Waals surface area contributed by atoms with Gasteiger partial charge in [0.25, 0.3) is 5.91 Å². The van der Waals surface area contributed by atoms with Gasteiger partial charge in [0, 0.05) is 26.2 Å². The second-order valence-corrected chi connectivity index (χ2v) is 5.51. The zero-order valence-corrected chi connectivity index (χ0v) is 13.0. The van der Waals surface area contributed by atoms with Crippen molar-refractivity contribution in [3.63, 3.8) is 0 Å². The topological polar surface area (TPSA) is 75.4 Å². The third-order valence-corrected chi connectivity index (χ3v) is 3.92. The molecule has 0 aliphatic carbocycles. The molecule has 1 aliphatic rings. The van der Waals surface area contributed by atoms with Gasteiger partial charge in [0.1, 0.15) is 11.3 Å². The molecule has 0 radical (unpaired) electrons. The van der Waals surface area contributed by atoms with Gasteiger partial charge >= 0.3 is 0 Å². The van der Waals surface area contributed by atoms with Crippen LogP contribution >= 0.6 is 0 Å². The van der Waals surface area contributed by atoms with Gasteiger partial charge in [-0.1, -0.05) is 5.16 Å². The van der Waals surface area contributed by atoms with Gasteiger partial charge in [-0.15, -0.1) is 5.10 Å².